The maximum Gasteiger partial charge on any atom is 0.230 e. The third-order valence-corrected chi connectivity index (χ3v) is 8.51. The van der Waals surface area contributed by atoms with Gasteiger partial charge in [0.15, 0.2) is 0 Å². The lowest BCUT2D eigenvalue weighted by atomic mass is 9.78. The van der Waals surface area contributed by atoms with E-state index in [-0.39, 0.29) is 23.3 Å². The molecular weight excluding hydrogens is 402 g/mol. The van der Waals surface area contributed by atoms with Gasteiger partial charge in [0.2, 0.25) is 11.8 Å². The molecule has 2 heterocycles. The Balaban J connectivity index is 1.26. The first-order valence-corrected chi connectivity index (χ1v) is 12.6. The molecule has 1 atom stereocenters. The predicted octanol–water partition coefficient (Wildman–Crippen LogP) is 3.86. The minimum atomic E-state index is -0.266. The summed E-state index contributed by atoms with van der Waals surface area (Å²) in [6.07, 6.45) is 9.42. The monoisotopic (exact) mass is 439 g/mol. The Hall–Kier alpha value is -2.08. The molecule has 174 valence electrons. The number of likely N-dealkylation sites (tertiary alicyclic amines) is 1. The molecular formula is C26H37N3O3. The average Bonchev–Trinajstić information content (AvgIpc) is 3.03. The summed E-state index contributed by atoms with van der Waals surface area (Å²) in [5.41, 5.74) is 2.94. The highest BCUT2D eigenvalue weighted by Gasteiger charge is 2.50. The molecule has 2 aliphatic heterocycles. The highest BCUT2D eigenvalue weighted by molar-refractivity contribution is 5.93. The molecule has 1 unspecified atom stereocenters. The Morgan fingerprint density at radius 2 is 1.84 bits per heavy atom. The van der Waals surface area contributed by atoms with Crippen LogP contribution in [-0.2, 0) is 9.59 Å². The number of benzene rings is 1. The maximum atomic E-state index is 13.6. The number of rotatable bonds is 4. The molecule has 5 rings (SSSR count). The van der Waals surface area contributed by atoms with Gasteiger partial charge in [-0.2, -0.15) is 0 Å². The Morgan fingerprint density at radius 1 is 1.06 bits per heavy atom. The minimum Gasteiger partial charge on any atom is -0.393 e. The van der Waals surface area contributed by atoms with Crippen LogP contribution in [-0.4, -0.2) is 53.6 Å². The van der Waals surface area contributed by atoms with Gasteiger partial charge < -0.3 is 20.2 Å². The molecule has 0 bridgehead atoms. The molecule has 2 saturated heterocycles. The van der Waals surface area contributed by atoms with Gasteiger partial charge in [0, 0.05) is 43.0 Å². The SMILES string of the molecule is Cc1cc(NC(=O)C2CCC2)ccc1N1CCCC2(CCN(C3CCC(O)CC3)C2=O)C1. The van der Waals surface area contributed by atoms with Crippen molar-refractivity contribution >= 4 is 23.2 Å². The van der Waals surface area contributed by atoms with Gasteiger partial charge >= 0.3 is 0 Å². The number of amides is 2. The molecule has 2 saturated carbocycles. The van der Waals surface area contributed by atoms with Crippen LogP contribution in [0.15, 0.2) is 18.2 Å². The Bertz CT molecular complexity index is 875. The average molecular weight is 440 g/mol. The third-order valence-electron chi connectivity index (χ3n) is 8.51. The molecule has 0 aromatic heterocycles. The first-order chi connectivity index (χ1) is 15.4. The van der Waals surface area contributed by atoms with Gasteiger partial charge in [-0.3, -0.25) is 9.59 Å². The highest BCUT2D eigenvalue weighted by Crippen LogP contribution is 2.44. The number of aryl methyl sites for hydroxylation is 1. The van der Waals surface area contributed by atoms with Crippen molar-refractivity contribution in [1.29, 1.82) is 0 Å². The van der Waals surface area contributed by atoms with Gasteiger partial charge in [-0.1, -0.05) is 6.42 Å². The van der Waals surface area contributed by atoms with E-state index in [4.69, 9.17) is 0 Å². The standard InChI is InChI=1S/C26H37N3O3/c1-18-16-20(27-24(31)19-4-2-5-19)6-11-23(18)28-14-3-12-26(17-28)13-15-29(25(26)32)21-7-9-22(30)10-8-21/h6,11,16,19,21-22,30H,2-5,7-10,12-15,17H2,1H3,(H,27,31). The van der Waals surface area contributed by atoms with Crippen LogP contribution in [0.2, 0.25) is 0 Å². The molecule has 0 radical (unpaired) electrons. The van der Waals surface area contributed by atoms with Crippen molar-refractivity contribution in [3.63, 3.8) is 0 Å². The van der Waals surface area contributed by atoms with Gasteiger partial charge in [-0.05, 0) is 88.5 Å². The summed E-state index contributed by atoms with van der Waals surface area (Å²) in [6, 6.07) is 6.50. The van der Waals surface area contributed by atoms with Crippen LogP contribution in [0.5, 0.6) is 0 Å². The highest BCUT2D eigenvalue weighted by atomic mass is 16.3. The van der Waals surface area contributed by atoms with E-state index in [1.54, 1.807) is 0 Å². The second-order valence-electron chi connectivity index (χ2n) is 10.6. The number of anilines is 2. The van der Waals surface area contributed by atoms with Crippen LogP contribution in [0.25, 0.3) is 0 Å². The smallest absolute Gasteiger partial charge is 0.230 e. The van der Waals surface area contributed by atoms with E-state index >= 15 is 0 Å². The van der Waals surface area contributed by atoms with E-state index in [0.29, 0.717) is 11.9 Å². The molecule has 4 aliphatic rings. The minimum absolute atomic E-state index is 0.146. The molecule has 2 N–H and O–H groups in total. The summed E-state index contributed by atoms with van der Waals surface area (Å²) >= 11 is 0. The van der Waals surface area contributed by atoms with Crippen molar-refractivity contribution in [1.82, 2.24) is 4.90 Å². The van der Waals surface area contributed by atoms with Crippen molar-refractivity contribution in [3.05, 3.63) is 23.8 Å². The van der Waals surface area contributed by atoms with E-state index in [9.17, 15) is 14.7 Å². The Labute approximate surface area is 191 Å². The second kappa shape index (κ2) is 8.69. The summed E-state index contributed by atoms with van der Waals surface area (Å²) in [5.74, 6) is 0.665. The van der Waals surface area contributed by atoms with Crippen molar-refractivity contribution in [2.24, 2.45) is 11.3 Å². The summed E-state index contributed by atoms with van der Waals surface area (Å²) < 4.78 is 0. The summed E-state index contributed by atoms with van der Waals surface area (Å²) in [5, 5.41) is 12.9. The van der Waals surface area contributed by atoms with Crippen molar-refractivity contribution in [2.45, 2.75) is 83.3 Å². The lowest BCUT2D eigenvalue weighted by Crippen LogP contribution is -2.50. The molecule has 4 fully saturated rings. The lowest BCUT2D eigenvalue weighted by molar-refractivity contribution is -0.139. The molecule has 32 heavy (non-hydrogen) atoms. The zero-order valence-corrected chi connectivity index (χ0v) is 19.3. The number of carbonyl (C=O) groups is 2. The maximum absolute atomic E-state index is 13.6. The summed E-state index contributed by atoms with van der Waals surface area (Å²) in [7, 11) is 0. The van der Waals surface area contributed by atoms with Crippen molar-refractivity contribution < 1.29 is 14.7 Å². The first-order valence-electron chi connectivity index (χ1n) is 12.6. The largest absolute Gasteiger partial charge is 0.393 e. The van der Waals surface area contributed by atoms with E-state index < -0.39 is 0 Å². The van der Waals surface area contributed by atoms with Gasteiger partial charge in [0.25, 0.3) is 0 Å². The third kappa shape index (κ3) is 4.02. The molecule has 1 aromatic carbocycles. The summed E-state index contributed by atoms with van der Waals surface area (Å²) in [6.45, 7) is 4.72. The second-order valence-corrected chi connectivity index (χ2v) is 10.6. The van der Waals surface area contributed by atoms with Gasteiger partial charge in [-0.25, -0.2) is 0 Å². The van der Waals surface area contributed by atoms with E-state index in [1.165, 1.54) is 5.69 Å². The quantitative estimate of drug-likeness (QED) is 0.747. The van der Waals surface area contributed by atoms with Crippen molar-refractivity contribution in [3.8, 4) is 0 Å². The molecule has 6 heteroatoms. The van der Waals surface area contributed by atoms with Crippen LogP contribution >= 0.6 is 0 Å². The Morgan fingerprint density at radius 3 is 2.53 bits per heavy atom. The molecule has 6 nitrogen and oxygen atoms in total. The lowest BCUT2D eigenvalue weighted by Gasteiger charge is -2.42. The Kier molecular flexibility index (Phi) is 5.91. The fraction of sp³-hybridized carbons (Fsp3) is 0.692. The van der Waals surface area contributed by atoms with Crippen LogP contribution < -0.4 is 10.2 Å². The van der Waals surface area contributed by atoms with E-state index in [1.807, 2.05) is 6.07 Å². The van der Waals surface area contributed by atoms with Crippen LogP contribution in [0.4, 0.5) is 11.4 Å². The zero-order valence-electron chi connectivity index (χ0n) is 19.3. The normalized spacial score (nSPS) is 31.1. The fourth-order valence-corrected chi connectivity index (χ4v) is 6.28. The first kappa shape index (κ1) is 21.7. The number of piperidine rings is 1. The molecule has 2 amide bonds. The number of aliphatic hydroxyl groups excluding tert-OH is 1. The van der Waals surface area contributed by atoms with E-state index in [0.717, 1.165) is 95.1 Å². The fourth-order valence-electron chi connectivity index (χ4n) is 6.28. The van der Waals surface area contributed by atoms with Crippen LogP contribution in [0, 0.1) is 18.3 Å². The van der Waals surface area contributed by atoms with Crippen LogP contribution in [0.1, 0.15) is 69.8 Å². The number of aliphatic hydroxyl groups is 1. The number of hydrogen-bond donors (Lipinski definition) is 2. The van der Waals surface area contributed by atoms with E-state index in [2.05, 4.69) is 34.2 Å². The molecule has 1 spiro atoms. The number of nitrogens with zero attached hydrogens (tertiary/aromatic N) is 2. The van der Waals surface area contributed by atoms with Gasteiger partial charge in [0.05, 0.1) is 11.5 Å². The summed E-state index contributed by atoms with van der Waals surface area (Å²) in [4.78, 5) is 30.4. The van der Waals surface area contributed by atoms with Gasteiger partial charge in [-0.15, -0.1) is 0 Å². The van der Waals surface area contributed by atoms with Crippen LogP contribution in [0.3, 0.4) is 0 Å². The topological polar surface area (TPSA) is 72.9 Å². The number of carbonyl (C=O) groups excluding carboxylic acids is 2. The zero-order chi connectivity index (χ0) is 22.3. The van der Waals surface area contributed by atoms with Gasteiger partial charge in [0.1, 0.15) is 0 Å². The predicted molar refractivity (Wildman–Crippen MR) is 126 cm³/mol. The molecule has 2 aliphatic carbocycles. The number of nitrogens with one attached hydrogen (secondary N) is 1. The molecule has 1 aromatic rings. The number of hydrogen-bond acceptors (Lipinski definition) is 4. The van der Waals surface area contributed by atoms with Crippen molar-refractivity contribution in [2.75, 3.05) is 29.9 Å².